The van der Waals surface area contributed by atoms with Gasteiger partial charge in [-0.1, -0.05) is 44.2 Å². The molecule has 0 aliphatic heterocycles. The molecule has 33 heavy (non-hydrogen) atoms. The molecule has 2 aromatic carbocycles. The molecule has 0 bridgehead atoms. The minimum atomic E-state index is -0.907. The Morgan fingerprint density at radius 1 is 1.12 bits per heavy atom. The molecule has 4 N–H and O–H groups in total. The number of carbonyl (C=O) groups is 1. The van der Waals surface area contributed by atoms with Crippen LogP contribution in [0.2, 0.25) is 0 Å². The number of hydrogen-bond donors (Lipinski definition) is 3. The van der Waals surface area contributed by atoms with E-state index in [4.69, 9.17) is 5.73 Å². The van der Waals surface area contributed by atoms with Crippen LogP contribution >= 0.6 is 11.9 Å². The molecule has 7 nitrogen and oxygen atoms in total. The summed E-state index contributed by atoms with van der Waals surface area (Å²) >= 11 is 1.54. The van der Waals surface area contributed by atoms with Crippen LogP contribution in [0.25, 0.3) is 22.2 Å². The van der Waals surface area contributed by atoms with Gasteiger partial charge in [-0.3, -0.25) is 4.79 Å². The summed E-state index contributed by atoms with van der Waals surface area (Å²) in [6, 6.07) is 19.9. The predicted octanol–water partition coefficient (Wildman–Crippen LogP) is 5.48. The lowest BCUT2D eigenvalue weighted by atomic mass is 9.96. The number of nitrogens with two attached hydrogens (primary N) is 1. The molecule has 1 aliphatic rings. The highest BCUT2D eigenvalue weighted by atomic mass is 32.2. The van der Waals surface area contributed by atoms with Gasteiger partial charge in [-0.2, -0.15) is 5.10 Å². The van der Waals surface area contributed by atoms with E-state index in [0.29, 0.717) is 30.0 Å². The number of anilines is 2. The van der Waals surface area contributed by atoms with Gasteiger partial charge >= 0.3 is 5.97 Å². The van der Waals surface area contributed by atoms with E-state index in [0.717, 1.165) is 27.1 Å². The van der Waals surface area contributed by atoms with E-state index in [2.05, 4.69) is 14.8 Å². The fraction of sp³-hybridized carbons (Fsp3) is 0.240. The largest absolute Gasteiger partial charge is 0.481 e. The van der Waals surface area contributed by atoms with Gasteiger partial charge in [0.2, 0.25) is 0 Å². The molecular weight excluding hydrogens is 434 g/mol. The Balaban J connectivity index is 0.00000126. The van der Waals surface area contributed by atoms with Crippen LogP contribution < -0.4 is 10.5 Å². The molecule has 0 unspecified atom stereocenters. The van der Waals surface area contributed by atoms with Crippen molar-refractivity contribution < 1.29 is 9.90 Å². The SMILES string of the molecule is CC.Cn1nc(N)c2c(-c3ccc(NSc4ccccc4)cc3)cc(C3(C(=O)O)CC3)nc21. The van der Waals surface area contributed by atoms with Crippen molar-refractivity contribution in [1.29, 1.82) is 0 Å². The molecule has 0 saturated heterocycles. The predicted molar refractivity (Wildman–Crippen MR) is 134 cm³/mol. The zero-order chi connectivity index (χ0) is 23.6. The van der Waals surface area contributed by atoms with Gasteiger partial charge in [0.15, 0.2) is 11.5 Å². The third-order valence-corrected chi connectivity index (χ3v) is 6.54. The number of rotatable bonds is 6. The van der Waals surface area contributed by atoms with Gasteiger partial charge in [0, 0.05) is 17.6 Å². The van der Waals surface area contributed by atoms with Crippen molar-refractivity contribution in [2.75, 3.05) is 10.5 Å². The average molecular weight is 462 g/mol. The van der Waals surface area contributed by atoms with Crippen LogP contribution in [-0.2, 0) is 17.3 Å². The number of nitrogens with zero attached hydrogens (tertiary/aromatic N) is 3. The average Bonchev–Trinajstić information content (AvgIpc) is 3.61. The maximum Gasteiger partial charge on any atom is 0.315 e. The zero-order valence-electron chi connectivity index (χ0n) is 18.9. The summed E-state index contributed by atoms with van der Waals surface area (Å²) in [5.41, 5.74) is 9.19. The first-order valence-corrected chi connectivity index (χ1v) is 11.7. The Morgan fingerprint density at radius 2 is 1.79 bits per heavy atom. The third kappa shape index (κ3) is 4.26. The molecule has 1 aliphatic carbocycles. The van der Waals surface area contributed by atoms with Crippen molar-refractivity contribution in [3.63, 3.8) is 0 Å². The second-order valence-electron chi connectivity index (χ2n) is 7.74. The molecule has 0 amide bonds. The lowest BCUT2D eigenvalue weighted by molar-refractivity contribution is -0.140. The molecule has 2 heterocycles. The van der Waals surface area contributed by atoms with Crippen molar-refractivity contribution in [3.05, 3.63) is 66.4 Å². The Hall–Kier alpha value is -3.52. The Kier molecular flexibility index (Phi) is 6.29. The lowest BCUT2D eigenvalue weighted by Crippen LogP contribution is -2.21. The van der Waals surface area contributed by atoms with Gasteiger partial charge in [-0.05, 0) is 66.2 Å². The van der Waals surface area contributed by atoms with Crippen molar-refractivity contribution in [2.45, 2.75) is 37.0 Å². The van der Waals surface area contributed by atoms with Crippen LogP contribution in [0.1, 0.15) is 32.4 Å². The van der Waals surface area contributed by atoms with E-state index in [-0.39, 0.29) is 0 Å². The topological polar surface area (TPSA) is 106 Å². The smallest absolute Gasteiger partial charge is 0.315 e. The highest BCUT2D eigenvalue weighted by Gasteiger charge is 2.53. The Morgan fingerprint density at radius 3 is 2.39 bits per heavy atom. The van der Waals surface area contributed by atoms with Crippen LogP contribution in [0.4, 0.5) is 11.5 Å². The minimum absolute atomic E-state index is 0.383. The van der Waals surface area contributed by atoms with Gasteiger partial charge in [-0.15, -0.1) is 0 Å². The van der Waals surface area contributed by atoms with E-state index < -0.39 is 11.4 Å². The normalized spacial score (nSPS) is 13.8. The Labute approximate surface area is 197 Å². The minimum Gasteiger partial charge on any atom is -0.481 e. The zero-order valence-corrected chi connectivity index (χ0v) is 19.7. The number of carboxylic acid groups (broad SMARTS) is 1. The van der Waals surface area contributed by atoms with Gasteiger partial charge in [-0.25, -0.2) is 9.67 Å². The first-order chi connectivity index (χ1) is 16.0. The van der Waals surface area contributed by atoms with E-state index in [1.165, 1.54) is 0 Å². The number of nitrogen functional groups attached to an aromatic ring is 1. The number of aromatic nitrogens is 3. The molecular formula is C25H27N5O2S. The number of fused-ring (bicyclic) bond motifs is 1. The summed E-state index contributed by atoms with van der Waals surface area (Å²) in [7, 11) is 1.77. The van der Waals surface area contributed by atoms with Gasteiger partial charge in [0.25, 0.3) is 0 Å². The summed E-state index contributed by atoms with van der Waals surface area (Å²) < 4.78 is 4.95. The molecule has 5 rings (SSSR count). The van der Waals surface area contributed by atoms with Crippen molar-refractivity contribution >= 4 is 40.5 Å². The van der Waals surface area contributed by atoms with E-state index in [1.807, 2.05) is 74.5 Å². The number of benzene rings is 2. The van der Waals surface area contributed by atoms with Gasteiger partial charge in [0.05, 0.1) is 11.1 Å². The van der Waals surface area contributed by atoms with Gasteiger partial charge < -0.3 is 15.6 Å². The van der Waals surface area contributed by atoms with Crippen molar-refractivity contribution in [1.82, 2.24) is 14.8 Å². The summed E-state index contributed by atoms with van der Waals surface area (Å²) in [6.45, 7) is 4.00. The van der Waals surface area contributed by atoms with Crippen LogP contribution in [0.5, 0.6) is 0 Å². The molecule has 0 atom stereocenters. The number of hydrogen-bond acceptors (Lipinski definition) is 6. The van der Waals surface area contributed by atoms with Crippen LogP contribution in [-0.4, -0.2) is 25.8 Å². The first kappa shape index (κ1) is 22.7. The van der Waals surface area contributed by atoms with Crippen LogP contribution in [0.15, 0.2) is 65.6 Å². The summed E-state index contributed by atoms with van der Waals surface area (Å²) in [4.78, 5) is 17.7. The lowest BCUT2D eigenvalue weighted by Gasteiger charge is -2.13. The summed E-state index contributed by atoms with van der Waals surface area (Å²) in [5.74, 6) is -0.452. The number of pyridine rings is 1. The molecule has 4 aromatic rings. The first-order valence-electron chi connectivity index (χ1n) is 10.9. The molecule has 2 aromatic heterocycles. The highest BCUT2D eigenvalue weighted by molar-refractivity contribution is 8.00. The maximum atomic E-state index is 11.9. The van der Waals surface area contributed by atoms with Gasteiger partial charge in [0.1, 0.15) is 5.41 Å². The summed E-state index contributed by atoms with van der Waals surface area (Å²) in [5, 5.41) is 14.8. The highest BCUT2D eigenvalue weighted by Crippen LogP contribution is 2.49. The second kappa shape index (κ2) is 9.15. The van der Waals surface area contributed by atoms with Crippen LogP contribution in [0, 0.1) is 0 Å². The fourth-order valence-electron chi connectivity index (χ4n) is 3.78. The second-order valence-corrected chi connectivity index (χ2v) is 8.62. The number of aliphatic carboxylic acids is 1. The third-order valence-electron chi connectivity index (χ3n) is 5.70. The maximum absolute atomic E-state index is 11.9. The molecule has 0 radical (unpaired) electrons. The molecule has 1 saturated carbocycles. The van der Waals surface area contributed by atoms with Crippen molar-refractivity contribution in [2.24, 2.45) is 7.05 Å². The van der Waals surface area contributed by atoms with E-state index in [9.17, 15) is 9.90 Å². The standard InChI is InChI=1S/C23H21N5O2S.C2H6/c1-28-21-19(20(24)26-28)17(13-18(25-21)23(11-12-23)22(29)30)14-7-9-15(10-8-14)27-31-16-5-3-2-4-6-16;1-2/h2-10,13,27H,11-12H2,1H3,(H2,24,26)(H,29,30);1-2H3. The number of aryl methyl sites for hydroxylation is 1. The summed E-state index contributed by atoms with van der Waals surface area (Å²) in [6.07, 6.45) is 1.18. The van der Waals surface area contributed by atoms with E-state index >= 15 is 0 Å². The monoisotopic (exact) mass is 461 g/mol. The van der Waals surface area contributed by atoms with Crippen LogP contribution in [0.3, 0.4) is 0 Å². The molecule has 0 spiro atoms. The molecule has 1 fully saturated rings. The molecule has 8 heteroatoms. The number of carboxylic acids is 1. The van der Waals surface area contributed by atoms with E-state index in [1.54, 1.807) is 23.7 Å². The number of nitrogens with one attached hydrogen (secondary N) is 1. The quantitative estimate of drug-likeness (QED) is 0.327. The fourth-order valence-corrected chi connectivity index (χ4v) is 4.44. The molecule has 170 valence electrons. The Bertz CT molecular complexity index is 1280. The van der Waals surface area contributed by atoms with Crippen molar-refractivity contribution in [3.8, 4) is 11.1 Å².